The molecule has 3 rings (SSSR count). The first-order valence-corrected chi connectivity index (χ1v) is 6.30. The highest BCUT2D eigenvalue weighted by atomic mass is 14.7. The third-order valence-corrected chi connectivity index (χ3v) is 3.45. The Morgan fingerprint density at radius 2 is 1.50 bits per heavy atom. The summed E-state index contributed by atoms with van der Waals surface area (Å²) in [6, 6.07) is 15.3. The summed E-state index contributed by atoms with van der Waals surface area (Å²) >= 11 is 0. The highest BCUT2D eigenvalue weighted by Crippen LogP contribution is 2.27. The zero-order valence-corrected chi connectivity index (χ0v) is 11.0. The molecule has 1 nitrogen and oxygen atoms in total. The van der Waals surface area contributed by atoms with E-state index in [9.17, 15) is 0 Å². The second-order valence-corrected chi connectivity index (χ2v) is 5.09. The average molecular weight is 235 g/mol. The van der Waals surface area contributed by atoms with Crippen LogP contribution in [-0.4, -0.2) is 4.98 Å². The molecule has 18 heavy (non-hydrogen) atoms. The minimum absolute atomic E-state index is 1.20. The molecule has 1 aromatic heterocycles. The Kier molecular flexibility index (Phi) is 2.48. The Morgan fingerprint density at radius 1 is 0.778 bits per heavy atom. The van der Waals surface area contributed by atoms with Gasteiger partial charge in [0.05, 0.1) is 0 Å². The largest absolute Gasteiger partial charge is 0.355 e. The van der Waals surface area contributed by atoms with Crippen molar-refractivity contribution in [2.75, 3.05) is 0 Å². The van der Waals surface area contributed by atoms with E-state index in [1.54, 1.807) is 0 Å². The van der Waals surface area contributed by atoms with Crippen molar-refractivity contribution in [3.8, 4) is 11.3 Å². The van der Waals surface area contributed by atoms with Gasteiger partial charge in [0.25, 0.3) is 0 Å². The highest BCUT2D eigenvalue weighted by Gasteiger charge is 2.06. The minimum atomic E-state index is 1.20. The summed E-state index contributed by atoms with van der Waals surface area (Å²) in [4.78, 5) is 3.50. The van der Waals surface area contributed by atoms with Gasteiger partial charge >= 0.3 is 0 Å². The van der Waals surface area contributed by atoms with Crippen LogP contribution in [0.5, 0.6) is 0 Å². The molecule has 0 bridgehead atoms. The Morgan fingerprint density at radius 3 is 2.28 bits per heavy atom. The van der Waals surface area contributed by atoms with E-state index < -0.39 is 0 Å². The number of aromatic nitrogens is 1. The smallest absolute Gasteiger partial charge is 0.0467 e. The lowest BCUT2D eigenvalue weighted by molar-refractivity contribution is 1.35. The Hall–Kier alpha value is -2.02. The fourth-order valence-electron chi connectivity index (χ4n) is 2.51. The number of fused-ring (bicyclic) bond motifs is 1. The van der Waals surface area contributed by atoms with E-state index >= 15 is 0 Å². The van der Waals surface area contributed by atoms with Gasteiger partial charge in [0.1, 0.15) is 0 Å². The number of rotatable bonds is 1. The topological polar surface area (TPSA) is 15.8 Å². The second-order valence-electron chi connectivity index (χ2n) is 5.09. The molecule has 90 valence electrons. The van der Waals surface area contributed by atoms with Crippen LogP contribution in [0.4, 0.5) is 0 Å². The Balaban J connectivity index is 2.19. The predicted octanol–water partition coefficient (Wildman–Crippen LogP) is 4.76. The maximum absolute atomic E-state index is 3.50. The highest BCUT2D eigenvalue weighted by molar-refractivity contribution is 5.86. The molecule has 1 N–H and O–H groups in total. The van der Waals surface area contributed by atoms with Gasteiger partial charge < -0.3 is 4.98 Å². The zero-order chi connectivity index (χ0) is 12.7. The number of H-pyrrole nitrogens is 1. The Bertz CT molecular complexity index is 720. The number of hydrogen-bond donors (Lipinski definition) is 1. The first kappa shape index (κ1) is 11.1. The molecule has 2 aromatic carbocycles. The van der Waals surface area contributed by atoms with Gasteiger partial charge in [-0.1, -0.05) is 35.4 Å². The lowest BCUT2D eigenvalue weighted by Gasteiger charge is -2.04. The van der Waals surface area contributed by atoms with Gasteiger partial charge in [-0.2, -0.15) is 0 Å². The van der Waals surface area contributed by atoms with Gasteiger partial charge in [0.15, 0.2) is 0 Å². The quantitative estimate of drug-likeness (QED) is 0.626. The number of aryl methyl sites for hydroxylation is 3. The van der Waals surface area contributed by atoms with Crippen molar-refractivity contribution in [3.05, 3.63) is 59.2 Å². The van der Waals surface area contributed by atoms with Crippen molar-refractivity contribution in [1.29, 1.82) is 0 Å². The fourth-order valence-corrected chi connectivity index (χ4v) is 2.51. The summed E-state index contributed by atoms with van der Waals surface area (Å²) in [5.41, 5.74) is 7.62. The number of nitrogens with one attached hydrogen (secondary N) is 1. The molecule has 0 aliphatic heterocycles. The van der Waals surface area contributed by atoms with Crippen molar-refractivity contribution >= 4 is 10.9 Å². The molecular weight excluding hydrogens is 218 g/mol. The van der Waals surface area contributed by atoms with Crippen LogP contribution in [0.2, 0.25) is 0 Å². The van der Waals surface area contributed by atoms with E-state index in [2.05, 4.69) is 68.2 Å². The van der Waals surface area contributed by atoms with Crippen molar-refractivity contribution < 1.29 is 0 Å². The molecule has 1 heterocycles. The summed E-state index contributed by atoms with van der Waals surface area (Å²) in [6.45, 7) is 6.42. The van der Waals surface area contributed by atoms with E-state index in [-0.39, 0.29) is 0 Å². The van der Waals surface area contributed by atoms with Gasteiger partial charge in [0, 0.05) is 22.2 Å². The van der Waals surface area contributed by atoms with Gasteiger partial charge in [-0.05, 0) is 44.5 Å². The normalized spacial score (nSPS) is 11.1. The lowest BCUT2D eigenvalue weighted by atomic mass is 10.0. The first-order valence-electron chi connectivity index (χ1n) is 6.30. The van der Waals surface area contributed by atoms with Crippen LogP contribution in [0.25, 0.3) is 22.2 Å². The minimum Gasteiger partial charge on any atom is -0.355 e. The van der Waals surface area contributed by atoms with Crippen molar-refractivity contribution in [2.45, 2.75) is 20.8 Å². The van der Waals surface area contributed by atoms with Crippen LogP contribution in [0.1, 0.15) is 16.7 Å². The van der Waals surface area contributed by atoms with Crippen LogP contribution in [0.3, 0.4) is 0 Å². The maximum Gasteiger partial charge on any atom is 0.0467 e. The van der Waals surface area contributed by atoms with Gasteiger partial charge in [-0.15, -0.1) is 0 Å². The summed E-state index contributed by atoms with van der Waals surface area (Å²) in [6.07, 6.45) is 0. The van der Waals surface area contributed by atoms with Crippen LogP contribution in [0.15, 0.2) is 42.5 Å². The number of benzene rings is 2. The molecule has 0 fully saturated rings. The van der Waals surface area contributed by atoms with Crippen LogP contribution in [0, 0.1) is 20.8 Å². The zero-order valence-electron chi connectivity index (χ0n) is 11.0. The van der Waals surface area contributed by atoms with E-state index in [1.165, 1.54) is 38.9 Å². The van der Waals surface area contributed by atoms with E-state index in [4.69, 9.17) is 0 Å². The van der Waals surface area contributed by atoms with Crippen molar-refractivity contribution in [3.63, 3.8) is 0 Å². The standard InChI is InChI=1S/C17H17N/c1-11-4-6-15(13(3)8-11)17-10-14-9-12(2)5-7-16(14)18-17/h4-10,18H,1-3H3. The van der Waals surface area contributed by atoms with E-state index in [0.29, 0.717) is 0 Å². The molecule has 0 aliphatic rings. The van der Waals surface area contributed by atoms with Gasteiger partial charge in [-0.25, -0.2) is 0 Å². The van der Waals surface area contributed by atoms with Crippen LogP contribution < -0.4 is 0 Å². The molecule has 0 spiro atoms. The Labute approximate surface area is 107 Å². The monoisotopic (exact) mass is 235 g/mol. The number of aromatic amines is 1. The molecule has 0 unspecified atom stereocenters. The van der Waals surface area contributed by atoms with Crippen molar-refractivity contribution in [1.82, 2.24) is 4.98 Å². The molecule has 0 saturated carbocycles. The van der Waals surface area contributed by atoms with Gasteiger partial charge in [-0.3, -0.25) is 0 Å². The summed E-state index contributed by atoms with van der Waals surface area (Å²) in [5.74, 6) is 0. The summed E-state index contributed by atoms with van der Waals surface area (Å²) in [5, 5.41) is 1.28. The van der Waals surface area contributed by atoms with E-state index in [0.717, 1.165) is 0 Å². The van der Waals surface area contributed by atoms with Gasteiger partial charge in [0.2, 0.25) is 0 Å². The van der Waals surface area contributed by atoms with Crippen molar-refractivity contribution in [2.24, 2.45) is 0 Å². The SMILES string of the molecule is Cc1ccc(-c2cc3cc(C)ccc3[nH]2)c(C)c1. The summed E-state index contributed by atoms with van der Waals surface area (Å²) in [7, 11) is 0. The van der Waals surface area contributed by atoms with Crippen LogP contribution >= 0.6 is 0 Å². The van der Waals surface area contributed by atoms with Crippen LogP contribution in [-0.2, 0) is 0 Å². The average Bonchev–Trinajstić information content (AvgIpc) is 2.71. The third-order valence-electron chi connectivity index (χ3n) is 3.45. The molecule has 0 saturated heterocycles. The van der Waals surface area contributed by atoms with E-state index in [1.807, 2.05) is 0 Å². The predicted molar refractivity (Wildman–Crippen MR) is 77.9 cm³/mol. The molecule has 0 aliphatic carbocycles. The first-order chi connectivity index (χ1) is 8.63. The second kappa shape index (κ2) is 4.02. The maximum atomic E-state index is 3.50. The third kappa shape index (κ3) is 1.82. The fraction of sp³-hybridized carbons (Fsp3) is 0.176. The molecule has 3 aromatic rings. The summed E-state index contributed by atoms with van der Waals surface area (Å²) < 4.78 is 0. The molecule has 1 heteroatoms. The molecular formula is C17H17N. The molecule has 0 amide bonds. The molecule has 0 atom stereocenters. The lowest BCUT2D eigenvalue weighted by Crippen LogP contribution is -1.84. The number of hydrogen-bond acceptors (Lipinski definition) is 0. The molecule has 0 radical (unpaired) electrons.